The first-order chi connectivity index (χ1) is 24.3. The van der Waals surface area contributed by atoms with Crippen LogP contribution in [0.2, 0.25) is 0 Å². The minimum atomic E-state index is -0.577. The van der Waals surface area contributed by atoms with Crippen molar-refractivity contribution in [3.05, 3.63) is 78.5 Å². The Morgan fingerprint density at radius 1 is 0.765 bits per heavy atom. The number of phenols is 2. The second-order valence-corrected chi connectivity index (χ2v) is 11.2. The molecule has 0 atom stereocenters. The molecular formula is C36H48N2O13. The number of nitrogens with two attached hydrogens (primary N) is 1. The van der Waals surface area contributed by atoms with Gasteiger partial charge in [-0.2, -0.15) is 0 Å². The highest BCUT2D eigenvalue weighted by Crippen LogP contribution is 2.28. The molecule has 0 fully saturated rings. The molecular weight excluding hydrogens is 668 g/mol. The number of phenolic OH excluding ortho intramolecular Hbond substituents is 2. The minimum absolute atomic E-state index is 0.0617. The van der Waals surface area contributed by atoms with E-state index < -0.39 is 17.2 Å². The third-order valence-electron chi connectivity index (χ3n) is 7.40. The lowest BCUT2D eigenvalue weighted by Crippen LogP contribution is -2.30. The van der Waals surface area contributed by atoms with Crippen molar-refractivity contribution in [1.82, 2.24) is 5.32 Å². The van der Waals surface area contributed by atoms with Crippen LogP contribution < -0.4 is 22.3 Å². The molecule has 2 aromatic carbocycles. The molecule has 15 heteroatoms. The van der Waals surface area contributed by atoms with E-state index in [1.54, 1.807) is 53.9 Å². The van der Waals surface area contributed by atoms with Crippen LogP contribution in [-0.4, -0.2) is 82.8 Å². The Morgan fingerprint density at radius 3 is 1.69 bits per heavy atom. The van der Waals surface area contributed by atoms with Gasteiger partial charge in [-0.1, -0.05) is 0 Å². The molecule has 0 aliphatic rings. The topological polar surface area (TPSA) is 219 Å². The number of rotatable bonds is 14. The van der Waals surface area contributed by atoms with E-state index in [2.05, 4.69) is 10.1 Å². The number of esters is 1. The molecule has 0 radical (unpaired) electrons. The van der Waals surface area contributed by atoms with Crippen molar-refractivity contribution in [3.8, 4) is 11.5 Å². The van der Waals surface area contributed by atoms with Crippen LogP contribution in [0.3, 0.4) is 0 Å². The fourth-order valence-corrected chi connectivity index (χ4v) is 4.68. The molecule has 51 heavy (non-hydrogen) atoms. The Hall–Kier alpha value is -4.80. The number of carbonyl (C=O) groups excluding carboxylic acids is 2. The summed E-state index contributed by atoms with van der Waals surface area (Å²) in [4.78, 5) is 47.6. The molecule has 15 nitrogen and oxygen atoms in total. The van der Waals surface area contributed by atoms with E-state index in [0.29, 0.717) is 88.4 Å². The molecule has 2 aromatic heterocycles. The molecule has 0 saturated carbocycles. The third kappa shape index (κ3) is 12.8. The van der Waals surface area contributed by atoms with Crippen LogP contribution in [0, 0.1) is 27.7 Å². The summed E-state index contributed by atoms with van der Waals surface area (Å²) in [6.45, 7) is 11.3. The number of ether oxygens (including phenoxy) is 5. The molecule has 2 heterocycles. The molecule has 4 aromatic rings. The lowest BCUT2D eigenvalue weighted by Gasteiger charge is -2.10. The molecule has 1 amide bonds. The van der Waals surface area contributed by atoms with Gasteiger partial charge >= 0.3 is 17.2 Å². The third-order valence-corrected chi connectivity index (χ3v) is 7.40. The van der Waals surface area contributed by atoms with Crippen molar-refractivity contribution >= 4 is 33.8 Å². The number of aryl methyl sites for hydroxylation is 4. The van der Waals surface area contributed by atoms with Crippen molar-refractivity contribution < 1.29 is 52.3 Å². The number of nitrogens with one attached hydrogen (secondary N) is 1. The van der Waals surface area contributed by atoms with Gasteiger partial charge in [0.15, 0.2) is 0 Å². The minimum Gasteiger partial charge on any atom is -0.508 e. The van der Waals surface area contributed by atoms with Crippen LogP contribution in [0.15, 0.2) is 42.7 Å². The number of hydrogen-bond donors (Lipinski definition) is 4. The zero-order chi connectivity index (χ0) is 38.1. The summed E-state index contributed by atoms with van der Waals surface area (Å²) in [5, 5.41) is 23.5. The monoisotopic (exact) mass is 716 g/mol. The molecule has 0 aliphatic heterocycles. The highest BCUT2D eigenvalue weighted by Gasteiger charge is 2.17. The van der Waals surface area contributed by atoms with Gasteiger partial charge in [-0.15, -0.1) is 0 Å². The van der Waals surface area contributed by atoms with Crippen molar-refractivity contribution in [2.45, 2.75) is 47.5 Å². The molecule has 280 valence electrons. The highest BCUT2D eigenvalue weighted by atomic mass is 16.7. The zero-order valence-electron chi connectivity index (χ0n) is 30.1. The molecule has 4 rings (SSSR count). The zero-order valence-corrected chi connectivity index (χ0v) is 30.1. The summed E-state index contributed by atoms with van der Waals surface area (Å²) < 4.78 is 34.4. The smallest absolute Gasteiger partial charge is 0.340 e. The van der Waals surface area contributed by atoms with Gasteiger partial charge in [-0.25, -0.2) is 9.59 Å². The summed E-state index contributed by atoms with van der Waals surface area (Å²) in [7, 11) is 3.10. The number of benzene rings is 2. The number of methoxy groups -OCH3 is 2. The fourth-order valence-electron chi connectivity index (χ4n) is 4.68. The maximum Gasteiger partial charge on any atom is 0.340 e. The van der Waals surface area contributed by atoms with Crippen molar-refractivity contribution in [3.63, 3.8) is 0 Å². The average Bonchev–Trinajstić information content (AvgIpc) is 3.08. The van der Waals surface area contributed by atoms with Gasteiger partial charge in [0, 0.05) is 50.2 Å². The summed E-state index contributed by atoms with van der Waals surface area (Å²) in [6.07, 6.45) is -0.188. The van der Waals surface area contributed by atoms with E-state index in [9.17, 15) is 29.4 Å². The molecule has 0 unspecified atom stereocenters. The van der Waals surface area contributed by atoms with Crippen molar-refractivity contribution in [2.24, 2.45) is 5.73 Å². The largest absolute Gasteiger partial charge is 0.508 e. The number of fused-ring (bicyclic) bond motifs is 2. The highest BCUT2D eigenvalue weighted by molar-refractivity contribution is 5.86. The van der Waals surface area contributed by atoms with E-state index in [-0.39, 0.29) is 43.6 Å². The summed E-state index contributed by atoms with van der Waals surface area (Å²) in [5.74, 6) is -0.621. The van der Waals surface area contributed by atoms with Gasteiger partial charge in [0.1, 0.15) is 36.3 Å². The van der Waals surface area contributed by atoms with Crippen LogP contribution in [0.25, 0.3) is 21.9 Å². The van der Waals surface area contributed by atoms with Crippen LogP contribution in [0.5, 0.6) is 11.5 Å². The van der Waals surface area contributed by atoms with Gasteiger partial charge in [-0.3, -0.25) is 9.59 Å². The standard InChI is InChI=1S/C17H21NO6.C15H16O5.C4H11NO2/c1-10-6-12-11(2)13(17(21)24-15(12)8-14(10)19)7-16(20)18-4-5-23-9-22-3;1-4-19-14(17)6-11-9(3)10-5-8(2)12(16)7-13(10)20-15(11)18;1-6-4-7-3-2-5/h6,8,19H,4-5,7,9H2,1-3H3,(H,18,20);5,7,16H,4,6H2,1-3H3;2-5H2,1H3. The average molecular weight is 717 g/mol. The Balaban J connectivity index is 0.000000302. The Labute approximate surface area is 295 Å². The van der Waals surface area contributed by atoms with E-state index in [4.69, 9.17) is 33.5 Å². The molecule has 5 N–H and O–H groups in total. The fraction of sp³-hybridized carbons (Fsp3) is 0.444. The maximum absolute atomic E-state index is 12.1. The Kier molecular flexibility index (Phi) is 17.8. The van der Waals surface area contributed by atoms with E-state index in [1.165, 1.54) is 19.2 Å². The summed E-state index contributed by atoms with van der Waals surface area (Å²) in [6, 6.07) is 6.30. The van der Waals surface area contributed by atoms with E-state index in [0.717, 1.165) is 0 Å². The second kappa shape index (κ2) is 21.4. The number of carbonyl (C=O) groups is 2. The maximum atomic E-state index is 12.1. The number of hydrogen-bond acceptors (Lipinski definition) is 14. The first-order valence-electron chi connectivity index (χ1n) is 16.1. The van der Waals surface area contributed by atoms with Gasteiger partial charge in [0.25, 0.3) is 0 Å². The predicted molar refractivity (Wildman–Crippen MR) is 189 cm³/mol. The van der Waals surface area contributed by atoms with Crippen LogP contribution in [-0.2, 0) is 46.1 Å². The molecule has 0 spiro atoms. The van der Waals surface area contributed by atoms with Gasteiger partial charge in [-0.05, 0) is 69.0 Å². The normalized spacial score (nSPS) is 10.7. The van der Waals surface area contributed by atoms with Crippen LogP contribution in [0.4, 0.5) is 0 Å². The van der Waals surface area contributed by atoms with Crippen LogP contribution >= 0.6 is 0 Å². The SMILES string of the molecule is CCOC(=O)Cc1c(C)c2cc(C)c(O)cc2oc1=O.COCOCCN.COCOCCNC(=O)Cc1c(C)c2cc(C)c(O)cc2oc1=O. The van der Waals surface area contributed by atoms with Gasteiger partial charge < -0.3 is 53.8 Å². The first kappa shape index (κ1) is 42.4. The number of aromatic hydroxyl groups is 2. The first-order valence-corrected chi connectivity index (χ1v) is 16.1. The molecule has 0 aliphatic carbocycles. The van der Waals surface area contributed by atoms with E-state index in [1.807, 2.05) is 0 Å². The van der Waals surface area contributed by atoms with Crippen LogP contribution in [0.1, 0.15) is 40.3 Å². The second-order valence-electron chi connectivity index (χ2n) is 11.2. The van der Waals surface area contributed by atoms with Crippen molar-refractivity contribution in [2.75, 3.05) is 60.7 Å². The van der Waals surface area contributed by atoms with Gasteiger partial charge in [0.05, 0.1) is 43.8 Å². The number of amides is 1. The lowest BCUT2D eigenvalue weighted by atomic mass is 10.0. The Morgan fingerprint density at radius 2 is 1.24 bits per heavy atom. The predicted octanol–water partition coefficient (Wildman–Crippen LogP) is 3.18. The summed E-state index contributed by atoms with van der Waals surface area (Å²) >= 11 is 0. The van der Waals surface area contributed by atoms with E-state index >= 15 is 0 Å². The molecule has 0 bridgehead atoms. The Bertz CT molecular complexity index is 1880. The van der Waals surface area contributed by atoms with Gasteiger partial charge in [0.2, 0.25) is 5.91 Å². The summed E-state index contributed by atoms with van der Waals surface area (Å²) in [5.41, 5.74) is 7.85. The lowest BCUT2D eigenvalue weighted by molar-refractivity contribution is -0.142. The molecule has 0 saturated heterocycles. The van der Waals surface area contributed by atoms with Crippen molar-refractivity contribution in [1.29, 1.82) is 0 Å². The quantitative estimate of drug-likeness (QED) is 0.0638.